The van der Waals surface area contributed by atoms with Crippen LogP contribution in [0.4, 0.5) is 0 Å². The van der Waals surface area contributed by atoms with Crippen molar-refractivity contribution in [1.82, 2.24) is 5.32 Å². The molecule has 2 nitrogen and oxygen atoms in total. The number of unbranched alkanes of at least 4 members (excludes halogenated alkanes) is 2. The lowest BCUT2D eigenvalue weighted by atomic mass is 10.2. The molecule has 1 heterocycles. The van der Waals surface area contributed by atoms with Gasteiger partial charge in [0.2, 0.25) is 0 Å². The number of hydrogen-bond donors (Lipinski definition) is 1. The number of nitrogens with zero attached hydrogens (tertiary/aromatic N) is 1. The van der Waals surface area contributed by atoms with E-state index in [1.807, 2.05) is 0 Å². The minimum atomic E-state index is 0.897. The zero-order valence-corrected chi connectivity index (χ0v) is 7.47. The van der Waals surface area contributed by atoms with Crippen LogP contribution in [0.5, 0.6) is 0 Å². The highest BCUT2D eigenvalue weighted by Crippen LogP contribution is 2.01. The molecule has 0 aromatic heterocycles. The van der Waals surface area contributed by atoms with Gasteiger partial charge in [-0.25, -0.2) is 0 Å². The molecule has 0 aliphatic carbocycles. The van der Waals surface area contributed by atoms with E-state index in [0.717, 1.165) is 38.8 Å². The van der Waals surface area contributed by atoms with Crippen molar-refractivity contribution in [2.75, 3.05) is 13.1 Å². The standard InChI is InChI=1S/C10H16N2/c1-2-3-4-5-8-11-10-7-6-9-12-10/h1H,3-9H2,(H,11,12). The predicted molar refractivity (Wildman–Crippen MR) is 52.2 cm³/mol. The third-order valence-electron chi connectivity index (χ3n) is 1.95. The third kappa shape index (κ3) is 3.43. The van der Waals surface area contributed by atoms with Crippen LogP contribution in [-0.2, 0) is 0 Å². The Morgan fingerprint density at radius 2 is 2.42 bits per heavy atom. The maximum absolute atomic E-state index is 5.14. The van der Waals surface area contributed by atoms with Crippen molar-refractivity contribution in [2.45, 2.75) is 32.1 Å². The molecule has 0 atom stereocenters. The predicted octanol–water partition coefficient (Wildman–Crippen LogP) is 1.57. The molecule has 0 saturated heterocycles. The van der Waals surface area contributed by atoms with Crippen LogP contribution in [-0.4, -0.2) is 18.9 Å². The van der Waals surface area contributed by atoms with Gasteiger partial charge in [0.1, 0.15) is 0 Å². The summed E-state index contributed by atoms with van der Waals surface area (Å²) in [6, 6.07) is 0. The first kappa shape index (κ1) is 9.12. The molecule has 0 fully saturated rings. The molecule has 0 aromatic rings. The van der Waals surface area contributed by atoms with E-state index in [9.17, 15) is 0 Å². The first-order chi connectivity index (χ1) is 5.93. The number of aliphatic imine (C=N–C) groups is 1. The van der Waals surface area contributed by atoms with Crippen LogP contribution in [0.15, 0.2) is 4.99 Å². The summed E-state index contributed by atoms with van der Waals surface area (Å²) in [6.07, 6.45) is 10.7. The van der Waals surface area contributed by atoms with E-state index in [1.165, 1.54) is 12.3 Å². The van der Waals surface area contributed by atoms with Crippen LogP contribution in [0.3, 0.4) is 0 Å². The van der Waals surface area contributed by atoms with Gasteiger partial charge in [-0.1, -0.05) is 0 Å². The van der Waals surface area contributed by atoms with E-state index in [0.29, 0.717) is 0 Å². The van der Waals surface area contributed by atoms with Crippen molar-refractivity contribution in [3.8, 4) is 12.3 Å². The second kappa shape index (κ2) is 5.65. The van der Waals surface area contributed by atoms with Crippen LogP contribution in [0.1, 0.15) is 32.1 Å². The monoisotopic (exact) mass is 164 g/mol. The molecule has 12 heavy (non-hydrogen) atoms. The molecule has 1 rings (SSSR count). The Morgan fingerprint density at radius 3 is 3.08 bits per heavy atom. The highest BCUT2D eigenvalue weighted by molar-refractivity contribution is 5.83. The summed E-state index contributed by atoms with van der Waals surface area (Å²) in [4.78, 5) is 4.32. The number of nitrogens with one attached hydrogen (secondary N) is 1. The van der Waals surface area contributed by atoms with Crippen molar-refractivity contribution in [3.05, 3.63) is 0 Å². The van der Waals surface area contributed by atoms with Gasteiger partial charge in [0.25, 0.3) is 0 Å². The number of hydrogen-bond acceptors (Lipinski definition) is 2. The Morgan fingerprint density at radius 1 is 1.50 bits per heavy atom. The van der Waals surface area contributed by atoms with Gasteiger partial charge in [-0.2, -0.15) is 0 Å². The van der Waals surface area contributed by atoms with Crippen molar-refractivity contribution in [1.29, 1.82) is 0 Å². The van der Waals surface area contributed by atoms with Crippen molar-refractivity contribution >= 4 is 5.84 Å². The highest BCUT2D eigenvalue weighted by Gasteiger charge is 2.03. The van der Waals surface area contributed by atoms with E-state index in [4.69, 9.17) is 6.42 Å². The molecule has 2 heteroatoms. The fraction of sp³-hybridized carbons (Fsp3) is 0.700. The zero-order valence-electron chi connectivity index (χ0n) is 7.47. The molecule has 1 aliphatic heterocycles. The quantitative estimate of drug-likeness (QED) is 0.495. The molecule has 0 bridgehead atoms. The van der Waals surface area contributed by atoms with Crippen molar-refractivity contribution in [3.63, 3.8) is 0 Å². The van der Waals surface area contributed by atoms with Gasteiger partial charge in [-0.3, -0.25) is 4.99 Å². The van der Waals surface area contributed by atoms with Crippen LogP contribution < -0.4 is 5.32 Å². The fourth-order valence-corrected chi connectivity index (χ4v) is 1.27. The normalized spacial score (nSPS) is 15.4. The Hall–Kier alpha value is -0.970. The van der Waals surface area contributed by atoms with E-state index in [-0.39, 0.29) is 0 Å². The maximum Gasteiger partial charge on any atom is 0.0963 e. The van der Waals surface area contributed by atoms with E-state index in [1.54, 1.807) is 0 Å². The van der Waals surface area contributed by atoms with Gasteiger partial charge in [0.05, 0.1) is 5.84 Å². The Kier molecular flexibility index (Phi) is 4.30. The molecule has 0 unspecified atom stereocenters. The van der Waals surface area contributed by atoms with Gasteiger partial charge in [-0.15, -0.1) is 12.3 Å². The minimum Gasteiger partial charge on any atom is -0.374 e. The molecule has 0 aromatic carbocycles. The minimum absolute atomic E-state index is 0.897. The SMILES string of the molecule is C#CCCCCNC1=NCCC1. The maximum atomic E-state index is 5.14. The molecule has 0 spiro atoms. The summed E-state index contributed by atoms with van der Waals surface area (Å²) in [5.74, 6) is 3.83. The van der Waals surface area contributed by atoms with Gasteiger partial charge < -0.3 is 5.32 Å². The van der Waals surface area contributed by atoms with Crippen LogP contribution in [0, 0.1) is 12.3 Å². The topological polar surface area (TPSA) is 24.4 Å². The zero-order chi connectivity index (χ0) is 8.65. The van der Waals surface area contributed by atoms with E-state index >= 15 is 0 Å². The smallest absolute Gasteiger partial charge is 0.0963 e. The van der Waals surface area contributed by atoms with Crippen molar-refractivity contribution in [2.24, 2.45) is 4.99 Å². The number of amidine groups is 1. The number of terminal acetylenes is 1. The van der Waals surface area contributed by atoms with Crippen LogP contribution >= 0.6 is 0 Å². The summed E-state index contributed by atoms with van der Waals surface area (Å²) in [5, 5.41) is 3.32. The van der Waals surface area contributed by atoms with Crippen LogP contribution in [0.2, 0.25) is 0 Å². The molecule has 1 aliphatic rings. The second-order valence-electron chi connectivity index (χ2n) is 3.02. The largest absolute Gasteiger partial charge is 0.374 e. The first-order valence-electron chi connectivity index (χ1n) is 4.64. The fourth-order valence-electron chi connectivity index (χ4n) is 1.27. The lowest BCUT2D eigenvalue weighted by Gasteiger charge is -2.03. The Bertz CT molecular complexity index is 189. The molecular formula is C10H16N2. The van der Waals surface area contributed by atoms with E-state index < -0.39 is 0 Å². The van der Waals surface area contributed by atoms with Crippen LogP contribution in [0.25, 0.3) is 0 Å². The summed E-state index contributed by atoms with van der Waals surface area (Å²) in [7, 11) is 0. The average molecular weight is 164 g/mol. The van der Waals surface area contributed by atoms with E-state index in [2.05, 4.69) is 16.2 Å². The Labute approximate surface area is 74.5 Å². The lowest BCUT2D eigenvalue weighted by Crippen LogP contribution is -2.22. The second-order valence-corrected chi connectivity index (χ2v) is 3.02. The summed E-state index contributed by atoms with van der Waals surface area (Å²) in [6.45, 7) is 2.03. The summed E-state index contributed by atoms with van der Waals surface area (Å²) >= 11 is 0. The molecule has 66 valence electrons. The molecule has 1 N–H and O–H groups in total. The van der Waals surface area contributed by atoms with Gasteiger partial charge >= 0.3 is 0 Å². The van der Waals surface area contributed by atoms with Crippen molar-refractivity contribution < 1.29 is 0 Å². The van der Waals surface area contributed by atoms with Gasteiger partial charge in [0, 0.05) is 25.9 Å². The first-order valence-corrected chi connectivity index (χ1v) is 4.64. The third-order valence-corrected chi connectivity index (χ3v) is 1.95. The molecule has 0 radical (unpaired) electrons. The number of rotatable bonds is 4. The van der Waals surface area contributed by atoms with Gasteiger partial charge in [-0.05, 0) is 19.3 Å². The summed E-state index contributed by atoms with van der Waals surface area (Å²) in [5.41, 5.74) is 0. The lowest BCUT2D eigenvalue weighted by molar-refractivity contribution is 0.722. The van der Waals surface area contributed by atoms with Gasteiger partial charge in [0.15, 0.2) is 0 Å². The summed E-state index contributed by atoms with van der Waals surface area (Å²) < 4.78 is 0. The average Bonchev–Trinajstić information content (AvgIpc) is 2.57. The molecule has 0 amide bonds. The highest BCUT2D eigenvalue weighted by atomic mass is 15.0. The Balaban J connectivity index is 1.92. The molecular weight excluding hydrogens is 148 g/mol. The molecule has 0 saturated carbocycles.